The fourth-order valence-corrected chi connectivity index (χ4v) is 4.59. The van der Waals surface area contributed by atoms with E-state index in [1.165, 1.54) is 5.56 Å². The van der Waals surface area contributed by atoms with Crippen molar-refractivity contribution < 1.29 is 4.74 Å². The fraction of sp³-hybridized carbons (Fsp3) is 0.273. The van der Waals surface area contributed by atoms with E-state index in [1.807, 2.05) is 41.0 Å². The maximum absolute atomic E-state index is 5.24. The number of fused-ring (bicyclic) bond motifs is 1. The summed E-state index contributed by atoms with van der Waals surface area (Å²) in [6, 6.07) is 18.6. The topological polar surface area (TPSA) is 45.9 Å². The van der Waals surface area contributed by atoms with Crippen LogP contribution in [0, 0.1) is 0 Å². The summed E-state index contributed by atoms with van der Waals surface area (Å²) in [4.78, 5) is 10.6. The Morgan fingerprint density at radius 1 is 0.966 bits per heavy atom. The number of rotatable bonds is 5. The van der Waals surface area contributed by atoms with Crippen LogP contribution in [0.1, 0.15) is 5.56 Å². The zero-order valence-electron chi connectivity index (χ0n) is 16.4. The molecule has 5 rings (SSSR count). The van der Waals surface area contributed by atoms with Crippen LogP contribution in [0.4, 0.5) is 5.13 Å². The van der Waals surface area contributed by atoms with Crippen molar-refractivity contribution in [2.45, 2.75) is 6.54 Å². The van der Waals surface area contributed by atoms with E-state index in [0.29, 0.717) is 0 Å². The number of nitrogens with zero attached hydrogens (tertiary/aromatic N) is 5. The van der Waals surface area contributed by atoms with Gasteiger partial charge in [-0.25, -0.2) is 9.50 Å². The molecular formula is C22H23N5OS. The minimum atomic E-state index is 0.905. The number of benzene rings is 2. The zero-order valence-corrected chi connectivity index (χ0v) is 17.2. The molecule has 0 saturated carbocycles. The fourth-order valence-electron chi connectivity index (χ4n) is 3.65. The molecule has 0 atom stereocenters. The van der Waals surface area contributed by atoms with Gasteiger partial charge in [-0.05, 0) is 17.7 Å². The van der Waals surface area contributed by atoms with Gasteiger partial charge in [0.25, 0.3) is 0 Å². The monoisotopic (exact) mass is 405 g/mol. The lowest BCUT2D eigenvalue weighted by molar-refractivity contribution is 0.249. The molecule has 29 heavy (non-hydrogen) atoms. The molecule has 4 aromatic rings. The second-order valence-electron chi connectivity index (χ2n) is 7.22. The smallest absolute Gasteiger partial charge is 0.214 e. The van der Waals surface area contributed by atoms with Crippen LogP contribution in [0.2, 0.25) is 0 Å². The Kier molecular flexibility index (Phi) is 4.91. The summed E-state index contributed by atoms with van der Waals surface area (Å²) >= 11 is 1.66. The van der Waals surface area contributed by atoms with Crippen LogP contribution in [0.5, 0.6) is 5.75 Å². The van der Waals surface area contributed by atoms with Crippen LogP contribution in [0.15, 0.2) is 60.8 Å². The lowest BCUT2D eigenvalue weighted by Gasteiger charge is -2.34. The molecule has 0 unspecified atom stereocenters. The van der Waals surface area contributed by atoms with E-state index in [9.17, 15) is 0 Å². The summed E-state index contributed by atoms with van der Waals surface area (Å²) < 4.78 is 7.15. The first-order valence-corrected chi connectivity index (χ1v) is 10.6. The molecule has 2 aromatic carbocycles. The van der Waals surface area contributed by atoms with Crippen molar-refractivity contribution in [3.05, 3.63) is 66.4 Å². The van der Waals surface area contributed by atoms with Gasteiger partial charge >= 0.3 is 0 Å². The first-order chi connectivity index (χ1) is 14.3. The van der Waals surface area contributed by atoms with Gasteiger partial charge in [0, 0.05) is 38.3 Å². The number of imidazole rings is 1. The van der Waals surface area contributed by atoms with E-state index in [2.05, 4.69) is 34.1 Å². The van der Waals surface area contributed by atoms with E-state index in [-0.39, 0.29) is 0 Å². The second kappa shape index (κ2) is 7.85. The minimum absolute atomic E-state index is 0.905. The lowest BCUT2D eigenvalue weighted by Crippen LogP contribution is -2.46. The Bertz CT molecular complexity index is 1050. The second-order valence-corrected chi connectivity index (χ2v) is 8.15. The van der Waals surface area contributed by atoms with Gasteiger partial charge in [0.15, 0.2) is 0 Å². The Morgan fingerprint density at radius 3 is 2.41 bits per heavy atom. The minimum Gasteiger partial charge on any atom is -0.497 e. The van der Waals surface area contributed by atoms with Crippen molar-refractivity contribution in [2.75, 3.05) is 38.2 Å². The molecule has 7 heteroatoms. The van der Waals surface area contributed by atoms with Gasteiger partial charge in [0.1, 0.15) is 5.75 Å². The zero-order chi connectivity index (χ0) is 19.6. The maximum atomic E-state index is 5.24. The molecule has 0 amide bonds. The number of anilines is 1. The van der Waals surface area contributed by atoms with Gasteiger partial charge in [-0.3, -0.25) is 4.90 Å². The van der Waals surface area contributed by atoms with Crippen LogP contribution in [-0.4, -0.2) is 52.8 Å². The third-order valence-electron chi connectivity index (χ3n) is 5.31. The Labute approximate surface area is 174 Å². The van der Waals surface area contributed by atoms with Crippen LogP contribution >= 0.6 is 11.3 Å². The highest BCUT2D eigenvalue weighted by molar-refractivity contribution is 7.20. The Morgan fingerprint density at radius 2 is 1.72 bits per heavy atom. The molecule has 1 fully saturated rings. The molecule has 0 radical (unpaired) electrons. The molecule has 1 saturated heterocycles. The first-order valence-electron chi connectivity index (χ1n) is 9.80. The number of hydrogen-bond acceptors (Lipinski definition) is 6. The van der Waals surface area contributed by atoms with Crippen molar-refractivity contribution in [1.29, 1.82) is 0 Å². The van der Waals surface area contributed by atoms with E-state index >= 15 is 0 Å². The van der Waals surface area contributed by atoms with Crippen molar-refractivity contribution >= 4 is 21.4 Å². The SMILES string of the molecule is COc1ccc(CN2CCN(c3nn4cc(-c5ccccc5)nc4s3)CC2)cc1. The van der Waals surface area contributed by atoms with Crippen molar-refractivity contribution in [3.8, 4) is 17.0 Å². The number of ether oxygens (including phenoxy) is 1. The maximum Gasteiger partial charge on any atom is 0.214 e. The molecule has 6 nitrogen and oxygen atoms in total. The van der Waals surface area contributed by atoms with Crippen LogP contribution in [0.25, 0.3) is 16.2 Å². The average molecular weight is 406 g/mol. The van der Waals surface area contributed by atoms with Crippen molar-refractivity contribution in [1.82, 2.24) is 19.5 Å². The Hall–Kier alpha value is -2.90. The number of piperazine rings is 1. The molecule has 2 aromatic heterocycles. The third kappa shape index (κ3) is 3.83. The molecule has 148 valence electrons. The normalized spacial score (nSPS) is 15.1. The van der Waals surface area contributed by atoms with Gasteiger partial charge < -0.3 is 9.64 Å². The van der Waals surface area contributed by atoms with Crippen LogP contribution in [-0.2, 0) is 6.54 Å². The van der Waals surface area contributed by atoms with Gasteiger partial charge in [-0.15, -0.1) is 5.10 Å². The predicted molar refractivity (Wildman–Crippen MR) is 117 cm³/mol. The number of methoxy groups -OCH3 is 1. The number of hydrogen-bond donors (Lipinski definition) is 0. The summed E-state index contributed by atoms with van der Waals surface area (Å²) in [5.41, 5.74) is 3.42. The standard InChI is InChI=1S/C22H23N5OS/c1-28-19-9-7-17(8-10-19)15-25-11-13-26(14-12-25)22-24-27-16-20(23-21(27)29-22)18-5-3-2-4-6-18/h2-10,16H,11-15H2,1H3. The van der Waals surface area contributed by atoms with Gasteiger partial charge in [-0.2, -0.15) is 0 Å². The van der Waals surface area contributed by atoms with Crippen LogP contribution < -0.4 is 9.64 Å². The molecule has 0 aliphatic carbocycles. The molecular weight excluding hydrogens is 382 g/mol. The highest BCUT2D eigenvalue weighted by Crippen LogP contribution is 2.27. The van der Waals surface area contributed by atoms with E-state index in [4.69, 9.17) is 14.8 Å². The molecule has 0 bridgehead atoms. The first kappa shape index (κ1) is 18.1. The van der Waals surface area contributed by atoms with E-state index in [0.717, 1.165) is 59.8 Å². The highest BCUT2D eigenvalue weighted by Gasteiger charge is 2.21. The van der Waals surface area contributed by atoms with Crippen molar-refractivity contribution in [2.24, 2.45) is 0 Å². The van der Waals surface area contributed by atoms with Gasteiger partial charge in [0.05, 0.1) is 19.0 Å². The van der Waals surface area contributed by atoms with Gasteiger partial charge in [0.2, 0.25) is 10.1 Å². The van der Waals surface area contributed by atoms with E-state index in [1.54, 1.807) is 18.4 Å². The largest absolute Gasteiger partial charge is 0.497 e. The quantitative estimate of drug-likeness (QED) is 0.506. The summed E-state index contributed by atoms with van der Waals surface area (Å²) in [6.07, 6.45) is 2.02. The third-order valence-corrected chi connectivity index (χ3v) is 6.29. The number of aromatic nitrogens is 3. The summed E-state index contributed by atoms with van der Waals surface area (Å²) in [7, 11) is 1.70. The molecule has 3 heterocycles. The lowest BCUT2D eigenvalue weighted by atomic mass is 10.2. The highest BCUT2D eigenvalue weighted by atomic mass is 32.1. The van der Waals surface area contributed by atoms with Gasteiger partial charge in [-0.1, -0.05) is 53.8 Å². The molecule has 1 aliphatic rings. The summed E-state index contributed by atoms with van der Waals surface area (Å²) in [5.74, 6) is 0.905. The summed E-state index contributed by atoms with van der Waals surface area (Å²) in [6.45, 7) is 5.00. The molecule has 0 N–H and O–H groups in total. The predicted octanol–water partition coefficient (Wildman–Crippen LogP) is 3.79. The van der Waals surface area contributed by atoms with Crippen molar-refractivity contribution in [3.63, 3.8) is 0 Å². The summed E-state index contributed by atoms with van der Waals surface area (Å²) in [5, 5.41) is 5.83. The Balaban J connectivity index is 1.22. The molecule has 0 spiro atoms. The van der Waals surface area contributed by atoms with Crippen LogP contribution in [0.3, 0.4) is 0 Å². The van der Waals surface area contributed by atoms with E-state index < -0.39 is 0 Å². The average Bonchev–Trinajstić information content (AvgIpc) is 3.35. The molecule has 1 aliphatic heterocycles.